The number of fused-ring (bicyclic) bond motifs is 2. The van der Waals surface area contributed by atoms with Crippen molar-refractivity contribution < 1.29 is 10.2 Å². The molecule has 0 saturated heterocycles. The maximum absolute atomic E-state index is 9.43. The second kappa shape index (κ2) is 6.10. The van der Waals surface area contributed by atoms with E-state index in [2.05, 4.69) is 22.0 Å². The van der Waals surface area contributed by atoms with E-state index in [9.17, 15) is 10.2 Å². The van der Waals surface area contributed by atoms with Gasteiger partial charge in [-0.15, -0.1) is 0 Å². The maximum Gasteiger partial charge on any atom is 0.119 e. The molecule has 0 bridgehead atoms. The summed E-state index contributed by atoms with van der Waals surface area (Å²) < 4.78 is 1.14. The van der Waals surface area contributed by atoms with Crippen molar-refractivity contribution in [3.63, 3.8) is 0 Å². The molecule has 21 heavy (non-hydrogen) atoms. The Hall–Kier alpha value is -1.48. The molecule has 2 aliphatic rings. The molecule has 0 spiro atoms. The molecular formula is C18H19BrO2. The largest absolute Gasteiger partial charge is 0.508 e. The molecule has 0 unspecified atom stereocenters. The second-order valence-electron chi connectivity index (χ2n) is 5.65. The van der Waals surface area contributed by atoms with Gasteiger partial charge in [0, 0.05) is 4.47 Å². The summed E-state index contributed by atoms with van der Waals surface area (Å²) in [5, 5.41) is 18.8. The summed E-state index contributed by atoms with van der Waals surface area (Å²) in [5.41, 5.74) is 4.94. The maximum atomic E-state index is 9.43. The highest BCUT2D eigenvalue weighted by atomic mass is 79.9. The standard InChI is InChI=1S/C9H9BrO.C9H10O/c10-8-4-5-9(11)7-3-1-2-6(7)8;10-9-6-2-4-7-3-1-5-8(7)9/h4-5,11H,1-3H2;2,4,6,10H,1,3,5H2. The Balaban J connectivity index is 0.000000126. The van der Waals surface area contributed by atoms with Gasteiger partial charge in [-0.3, -0.25) is 0 Å². The fourth-order valence-corrected chi connectivity index (χ4v) is 3.81. The lowest BCUT2D eigenvalue weighted by molar-refractivity contribution is 0.468. The number of aromatic hydroxyl groups is 2. The fraction of sp³-hybridized carbons (Fsp3) is 0.333. The quantitative estimate of drug-likeness (QED) is 0.735. The summed E-state index contributed by atoms with van der Waals surface area (Å²) >= 11 is 3.47. The third kappa shape index (κ3) is 2.93. The number of hydrogen-bond acceptors (Lipinski definition) is 2. The highest BCUT2D eigenvalue weighted by Crippen LogP contribution is 2.34. The molecule has 2 nitrogen and oxygen atoms in total. The topological polar surface area (TPSA) is 40.5 Å². The number of halogens is 1. The molecule has 0 radical (unpaired) electrons. The van der Waals surface area contributed by atoms with Crippen LogP contribution in [0.1, 0.15) is 35.1 Å². The fourth-order valence-electron chi connectivity index (χ4n) is 3.24. The number of phenolic OH excluding ortho intramolecular Hbond substituents is 2. The lowest BCUT2D eigenvalue weighted by atomic mass is 10.1. The minimum absolute atomic E-state index is 0.459. The van der Waals surface area contributed by atoms with Crippen molar-refractivity contribution in [2.75, 3.05) is 0 Å². The number of benzene rings is 2. The van der Waals surface area contributed by atoms with E-state index in [-0.39, 0.29) is 0 Å². The average Bonchev–Trinajstić information content (AvgIpc) is 3.13. The Morgan fingerprint density at radius 3 is 2.14 bits per heavy atom. The Labute approximate surface area is 133 Å². The van der Waals surface area contributed by atoms with Crippen molar-refractivity contribution in [3.8, 4) is 11.5 Å². The number of phenols is 2. The van der Waals surface area contributed by atoms with Crippen molar-refractivity contribution >= 4 is 15.9 Å². The van der Waals surface area contributed by atoms with Crippen LogP contribution in [0.2, 0.25) is 0 Å². The smallest absolute Gasteiger partial charge is 0.119 e. The Morgan fingerprint density at radius 2 is 1.38 bits per heavy atom. The molecule has 0 fully saturated rings. The normalized spacial score (nSPS) is 15.1. The van der Waals surface area contributed by atoms with Gasteiger partial charge in [-0.05, 0) is 79.0 Å². The van der Waals surface area contributed by atoms with Crippen molar-refractivity contribution in [2.24, 2.45) is 0 Å². The van der Waals surface area contributed by atoms with E-state index in [4.69, 9.17) is 0 Å². The minimum Gasteiger partial charge on any atom is -0.508 e. The molecule has 0 aromatic heterocycles. The zero-order chi connectivity index (χ0) is 14.8. The summed E-state index contributed by atoms with van der Waals surface area (Å²) in [4.78, 5) is 0. The summed E-state index contributed by atoms with van der Waals surface area (Å²) in [5.74, 6) is 0.940. The first-order valence-corrected chi connectivity index (χ1v) is 8.25. The number of rotatable bonds is 0. The minimum atomic E-state index is 0.459. The van der Waals surface area contributed by atoms with Crippen LogP contribution < -0.4 is 0 Å². The summed E-state index contributed by atoms with van der Waals surface area (Å²) in [7, 11) is 0. The van der Waals surface area contributed by atoms with E-state index in [1.807, 2.05) is 12.1 Å². The van der Waals surface area contributed by atoms with Gasteiger partial charge in [0.05, 0.1) is 0 Å². The van der Waals surface area contributed by atoms with Gasteiger partial charge in [-0.1, -0.05) is 28.1 Å². The molecule has 0 saturated carbocycles. The molecule has 0 heterocycles. The van der Waals surface area contributed by atoms with Gasteiger partial charge >= 0.3 is 0 Å². The molecule has 2 N–H and O–H groups in total. The second-order valence-corrected chi connectivity index (χ2v) is 6.50. The Morgan fingerprint density at radius 1 is 0.714 bits per heavy atom. The molecule has 2 aliphatic carbocycles. The van der Waals surface area contributed by atoms with Gasteiger partial charge in [0.1, 0.15) is 11.5 Å². The van der Waals surface area contributed by atoms with Gasteiger partial charge in [-0.25, -0.2) is 0 Å². The van der Waals surface area contributed by atoms with Crippen LogP contribution in [-0.2, 0) is 25.7 Å². The van der Waals surface area contributed by atoms with E-state index in [0.717, 1.165) is 35.7 Å². The first kappa shape index (κ1) is 14.5. The molecule has 0 aliphatic heterocycles. The zero-order valence-corrected chi connectivity index (χ0v) is 13.5. The van der Waals surface area contributed by atoms with Crippen molar-refractivity contribution in [3.05, 3.63) is 57.1 Å². The molecule has 0 atom stereocenters. The summed E-state index contributed by atoms with van der Waals surface area (Å²) in [6.07, 6.45) is 6.70. The molecule has 4 rings (SSSR count). The first-order valence-electron chi connectivity index (χ1n) is 7.46. The Bertz CT molecular complexity index is 636. The highest BCUT2D eigenvalue weighted by Gasteiger charge is 2.16. The lowest BCUT2D eigenvalue weighted by Gasteiger charge is -2.03. The van der Waals surface area contributed by atoms with Gasteiger partial charge in [-0.2, -0.15) is 0 Å². The monoisotopic (exact) mass is 346 g/mol. The highest BCUT2D eigenvalue weighted by molar-refractivity contribution is 9.10. The Kier molecular flexibility index (Phi) is 4.20. The predicted octanol–water partition coefficient (Wildman–Crippen LogP) is 4.52. The molecule has 3 heteroatoms. The van der Waals surface area contributed by atoms with E-state index >= 15 is 0 Å². The van der Waals surface area contributed by atoms with Crippen LogP contribution in [0.5, 0.6) is 11.5 Å². The number of hydrogen-bond donors (Lipinski definition) is 2. The predicted molar refractivity (Wildman–Crippen MR) is 88.0 cm³/mol. The summed E-state index contributed by atoms with van der Waals surface area (Å²) in [6.45, 7) is 0. The molecule has 110 valence electrons. The first-order chi connectivity index (χ1) is 10.2. The third-order valence-electron chi connectivity index (χ3n) is 4.32. The van der Waals surface area contributed by atoms with Crippen molar-refractivity contribution in [2.45, 2.75) is 38.5 Å². The SMILES string of the molecule is Oc1ccc(Br)c2c1CCC2.Oc1cccc2c1CCC2. The lowest BCUT2D eigenvalue weighted by Crippen LogP contribution is -1.83. The molecule has 2 aromatic rings. The van der Waals surface area contributed by atoms with Crippen molar-refractivity contribution in [1.82, 2.24) is 0 Å². The number of aryl methyl sites for hydroxylation is 1. The van der Waals surface area contributed by atoms with E-state index in [1.54, 1.807) is 12.1 Å². The van der Waals surface area contributed by atoms with Crippen LogP contribution in [-0.4, -0.2) is 10.2 Å². The van der Waals surface area contributed by atoms with Gasteiger partial charge in [0.2, 0.25) is 0 Å². The van der Waals surface area contributed by atoms with Crippen molar-refractivity contribution in [1.29, 1.82) is 0 Å². The van der Waals surface area contributed by atoms with E-state index in [1.165, 1.54) is 29.5 Å². The van der Waals surface area contributed by atoms with Crippen LogP contribution >= 0.6 is 15.9 Å². The van der Waals surface area contributed by atoms with Crippen LogP contribution in [0.4, 0.5) is 0 Å². The van der Waals surface area contributed by atoms with E-state index in [0.29, 0.717) is 11.5 Å². The van der Waals surface area contributed by atoms with Crippen LogP contribution in [0.25, 0.3) is 0 Å². The van der Waals surface area contributed by atoms with Crippen LogP contribution in [0.15, 0.2) is 34.8 Å². The van der Waals surface area contributed by atoms with Crippen LogP contribution in [0.3, 0.4) is 0 Å². The molecule has 0 amide bonds. The molecule has 2 aromatic carbocycles. The van der Waals surface area contributed by atoms with Gasteiger partial charge in [0.15, 0.2) is 0 Å². The van der Waals surface area contributed by atoms with Gasteiger partial charge < -0.3 is 10.2 Å². The van der Waals surface area contributed by atoms with Crippen LogP contribution in [0, 0.1) is 0 Å². The third-order valence-corrected chi connectivity index (χ3v) is 5.07. The molecular weight excluding hydrogens is 328 g/mol. The van der Waals surface area contributed by atoms with E-state index < -0.39 is 0 Å². The average molecular weight is 347 g/mol. The summed E-state index contributed by atoms with van der Waals surface area (Å²) in [6, 6.07) is 9.46. The zero-order valence-electron chi connectivity index (χ0n) is 11.9. The van der Waals surface area contributed by atoms with Gasteiger partial charge in [0.25, 0.3) is 0 Å².